The fourth-order valence-corrected chi connectivity index (χ4v) is 3.39. The number of ether oxygens (including phenoxy) is 1. The van der Waals surface area contributed by atoms with Gasteiger partial charge in [-0.2, -0.15) is 0 Å². The summed E-state index contributed by atoms with van der Waals surface area (Å²) in [6.45, 7) is 2.72. The Morgan fingerprint density at radius 1 is 1.03 bits per heavy atom. The fourth-order valence-electron chi connectivity index (χ4n) is 3.39. The molecule has 4 aromatic rings. The highest BCUT2D eigenvalue weighted by Crippen LogP contribution is 2.23. The first kappa shape index (κ1) is 18.7. The van der Waals surface area contributed by atoms with Crippen LogP contribution in [0.5, 0.6) is 0 Å². The number of methoxy groups -OCH3 is 1. The van der Waals surface area contributed by atoms with Crippen molar-refractivity contribution in [3.63, 3.8) is 0 Å². The van der Waals surface area contributed by atoms with Gasteiger partial charge in [0.05, 0.1) is 18.4 Å². The summed E-state index contributed by atoms with van der Waals surface area (Å²) >= 11 is 0. The monoisotopic (exact) mass is 382 g/mol. The van der Waals surface area contributed by atoms with Gasteiger partial charge in [0.2, 0.25) is 0 Å². The molecule has 144 valence electrons. The molecule has 0 aliphatic carbocycles. The molecule has 1 aromatic heterocycles. The molecule has 0 fully saturated rings. The van der Waals surface area contributed by atoms with Gasteiger partial charge in [0.25, 0.3) is 0 Å². The van der Waals surface area contributed by atoms with Gasteiger partial charge in [-0.3, -0.25) is 4.99 Å². The Bertz CT molecular complexity index is 1190. The zero-order chi connectivity index (χ0) is 20.2. The predicted molar refractivity (Wildman–Crippen MR) is 117 cm³/mol. The van der Waals surface area contributed by atoms with Crippen LogP contribution in [0.2, 0.25) is 0 Å². The molecule has 4 rings (SSSR count). The number of aryl methyl sites for hydroxylation is 1. The van der Waals surface area contributed by atoms with E-state index in [1.165, 1.54) is 12.7 Å². The van der Waals surface area contributed by atoms with Crippen LogP contribution in [0.15, 0.2) is 84.0 Å². The van der Waals surface area contributed by atoms with Crippen LogP contribution in [0.25, 0.3) is 10.9 Å². The molecule has 4 nitrogen and oxygen atoms in total. The molecule has 4 heteroatoms. The summed E-state index contributed by atoms with van der Waals surface area (Å²) in [5.74, 6) is -0.324. The van der Waals surface area contributed by atoms with Crippen molar-refractivity contribution in [3.05, 3.63) is 101 Å². The maximum absolute atomic E-state index is 11.8. The number of esters is 1. The average Bonchev–Trinajstić information content (AvgIpc) is 3.10. The predicted octanol–water partition coefficient (Wildman–Crippen LogP) is 5.54. The Labute approximate surface area is 170 Å². The highest BCUT2D eigenvalue weighted by molar-refractivity contribution is 6.00. The third-order valence-electron chi connectivity index (χ3n) is 4.91. The van der Waals surface area contributed by atoms with Crippen molar-refractivity contribution in [1.82, 2.24) is 4.57 Å². The topological polar surface area (TPSA) is 43.6 Å². The minimum atomic E-state index is -0.324. The SMILES string of the molecule is COC(=O)c1cccc(Cn2cc(C=Nc3ccc(C)cc3)c3ccccc32)c1. The molecule has 0 N–H and O–H groups in total. The van der Waals surface area contributed by atoms with Crippen LogP contribution in [0, 0.1) is 6.92 Å². The Morgan fingerprint density at radius 2 is 1.83 bits per heavy atom. The summed E-state index contributed by atoms with van der Waals surface area (Å²) < 4.78 is 7.02. The van der Waals surface area contributed by atoms with E-state index in [1.54, 1.807) is 6.07 Å². The number of carbonyl (C=O) groups excluding carboxylic acids is 1. The van der Waals surface area contributed by atoms with E-state index >= 15 is 0 Å². The zero-order valence-electron chi connectivity index (χ0n) is 16.5. The van der Waals surface area contributed by atoms with Gasteiger partial charge in [0.1, 0.15) is 0 Å². The second kappa shape index (κ2) is 8.15. The molecule has 0 saturated heterocycles. The van der Waals surface area contributed by atoms with Crippen LogP contribution in [0.1, 0.15) is 27.0 Å². The van der Waals surface area contributed by atoms with Crippen molar-refractivity contribution in [2.24, 2.45) is 4.99 Å². The maximum Gasteiger partial charge on any atom is 0.337 e. The molecule has 0 radical (unpaired) electrons. The van der Waals surface area contributed by atoms with E-state index in [9.17, 15) is 4.79 Å². The van der Waals surface area contributed by atoms with Crippen LogP contribution in [0.3, 0.4) is 0 Å². The van der Waals surface area contributed by atoms with Crippen LogP contribution >= 0.6 is 0 Å². The standard InChI is InChI=1S/C25H22N2O2/c1-18-10-12-22(13-11-18)26-15-21-17-27(24-9-4-3-8-23(21)24)16-19-6-5-7-20(14-19)25(28)29-2/h3-15,17H,16H2,1-2H3. The van der Waals surface area contributed by atoms with E-state index in [4.69, 9.17) is 4.74 Å². The van der Waals surface area contributed by atoms with Crippen molar-refractivity contribution in [3.8, 4) is 0 Å². The minimum absolute atomic E-state index is 0.324. The van der Waals surface area contributed by atoms with Gasteiger partial charge in [0.15, 0.2) is 0 Å². The molecule has 29 heavy (non-hydrogen) atoms. The quantitative estimate of drug-likeness (QED) is 0.336. The van der Waals surface area contributed by atoms with Gasteiger partial charge < -0.3 is 9.30 Å². The molecule has 1 heterocycles. The summed E-state index contributed by atoms with van der Waals surface area (Å²) in [5, 5.41) is 1.15. The minimum Gasteiger partial charge on any atom is -0.465 e. The van der Waals surface area contributed by atoms with Gasteiger partial charge in [-0.1, -0.05) is 48.0 Å². The second-order valence-corrected chi connectivity index (χ2v) is 7.02. The first-order valence-electron chi connectivity index (χ1n) is 9.50. The van der Waals surface area contributed by atoms with Crippen LogP contribution in [-0.2, 0) is 11.3 Å². The van der Waals surface area contributed by atoms with E-state index in [0.717, 1.165) is 27.7 Å². The highest BCUT2D eigenvalue weighted by Gasteiger charge is 2.09. The largest absolute Gasteiger partial charge is 0.465 e. The number of benzene rings is 3. The van der Waals surface area contributed by atoms with Crippen LogP contribution in [-0.4, -0.2) is 23.9 Å². The number of rotatable bonds is 5. The number of para-hydroxylation sites is 1. The molecule has 0 spiro atoms. The lowest BCUT2D eigenvalue weighted by Gasteiger charge is -2.07. The Balaban J connectivity index is 1.67. The molecule has 3 aromatic carbocycles. The second-order valence-electron chi connectivity index (χ2n) is 7.02. The first-order chi connectivity index (χ1) is 14.1. The smallest absolute Gasteiger partial charge is 0.337 e. The first-order valence-corrected chi connectivity index (χ1v) is 9.50. The molecule has 0 atom stereocenters. The molecular formula is C25H22N2O2. The fraction of sp³-hybridized carbons (Fsp3) is 0.120. The highest BCUT2D eigenvalue weighted by atomic mass is 16.5. The number of hydrogen-bond acceptors (Lipinski definition) is 3. The van der Waals surface area contributed by atoms with Crippen LogP contribution in [0.4, 0.5) is 5.69 Å². The van der Waals surface area contributed by atoms with E-state index in [1.807, 2.05) is 48.7 Å². The van der Waals surface area contributed by atoms with E-state index < -0.39 is 0 Å². The Hall–Kier alpha value is -3.66. The van der Waals surface area contributed by atoms with Gasteiger partial charge in [0, 0.05) is 35.4 Å². The lowest BCUT2D eigenvalue weighted by atomic mass is 10.1. The van der Waals surface area contributed by atoms with Gasteiger partial charge >= 0.3 is 5.97 Å². The molecular weight excluding hydrogens is 360 g/mol. The van der Waals surface area contributed by atoms with Crippen molar-refractivity contribution in [1.29, 1.82) is 0 Å². The van der Waals surface area contributed by atoms with E-state index in [0.29, 0.717) is 12.1 Å². The zero-order valence-corrected chi connectivity index (χ0v) is 16.5. The molecule has 0 amide bonds. The third-order valence-corrected chi connectivity index (χ3v) is 4.91. The normalized spacial score (nSPS) is 11.2. The maximum atomic E-state index is 11.8. The molecule has 0 saturated carbocycles. The molecule has 0 bridgehead atoms. The molecule has 0 aliphatic heterocycles. The van der Waals surface area contributed by atoms with Gasteiger partial charge in [-0.15, -0.1) is 0 Å². The molecule has 0 aliphatic rings. The Kier molecular flexibility index (Phi) is 5.25. The van der Waals surface area contributed by atoms with Gasteiger partial charge in [-0.05, 0) is 42.8 Å². The van der Waals surface area contributed by atoms with E-state index in [2.05, 4.69) is 46.9 Å². The van der Waals surface area contributed by atoms with Crippen molar-refractivity contribution < 1.29 is 9.53 Å². The van der Waals surface area contributed by atoms with Crippen molar-refractivity contribution in [2.75, 3.05) is 7.11 Å². The summed E-state index contributed by atoms with van der Waals surface area (Å²) in [6.07, 6.45) is 4.02. The number of aliphatic imine (C=N–C) groups is 1. The van der Waals surface area contributed by atoms with E-state index in [-0.39, 0.29) is 5.97 Å². The lowest BCUT2D eigenvalue weighted by Crippen LogP contribution is -2.03. The van der Waals surface area contributed by atoms with Crippen LogP contribution < -0.4 is 0 Å². The Morgan fingerprint density at radius 3 is 2.62 bits per heavy atom. The third kappa shape index (κ3) is 4.11. The summed E-state index contributed by atoms with van der Waals surface area (Å²) in [5.41, 5.74) is 5.93. The number of aromatic nitrogens is 1. The summed E-state index contributed by atoms with van der Waals surface area (Å²) in [4.78, 5) is 16.5. The number of hydrogen-bond donors (Lipinski definition) is 0. The number of nitrogens with zero attached hydrogens (tertiary/aromatic N) is 2. The van der Waals surface area contributed by atoms with Gasteiger partial charge in [-0.25, -0.2) is 4.79 Å². The summed E-state index contributed by atoms with van der Waals surface area (Å²) in [7, 11) is 1.40. The summed E-state index contributed by atoms with van der Waals surface area (Å²) in [6, 6.07) is 24.0. The molecule has 0 unspecified atom stereocenters. The number of carbonyl (C=O) groups is 1. The lowest BCUT2D eigenvalue weighted by molar-refractivity contribution is 0.0600. The van der Waals surface area contributed by atoms with Crippen molar-refractivity contribution >= 4 is 28.8 Å². The van der Waals surface area contributed by atoms with Crippen molar-refractivity contribution in [2.45, 2.75) is 13.5 Å². The number of fused-ring (bicyclic) bond motifs is 1. The average molecular weight is 382 g/mol.